The number of hydrogen-bond donors (Lipinski definition) is 1. The van der Waals surface area contributed by atoms with Crippen molar-refractivity contribution in [2.75, 3.05) is 11.5 Å². The Morgan fingerprint density at radius 2 is 1.75 bits per heavy atom. The van der Waals surface area contributed by atoms with Gasteiger partial charge in [0, 0.05) is 10.6 Å². The maximum Gasteiger partial charge on any atom is 0.335 e. The van der Waals surface area contributed by atoms with Gasteiger partial charge in [-0.1, -0.05) is 42.8 Å². The Morgan fingerprint density at radius 3 is 2.44 bits per heavy atom. The summed E-state index contributed by atoms with van der Waals surface area (Å²) in [5.74, 6) is -0.293. The van der Waals surface area contributed by atoms with E-state index in [0.29, 0.717) is 38.9 Å². The predicted molar refractivity (Wildman–Crippen MR) is 141 cm³/mol. The molecule has 1 aliphatic rings. The average Bonchev–Trinajstić information content (AvgIpc) is 2.86. The summed E-state index contributed by atoms with van der Waals surface area (Å²) in [6, 6.07) is 18.3. The Balaban J connectivity index is 1.53. The van der Waals surface area contributed by atoms with E-state index in [1.165, 1.54) is 6.08 Å². The molecule has 4 amide bonds. The highest BCUT2D eigenvalue weighted by Gasteiger charge is 2.36. The second kappa shape index (κ2) is 11.4. The average molecular weight is 570 g/mol. The highest BCUT2D eigenvalue weighted by molar-refractivity contribution is 9.10. The molecule has 36 heavy (non-hydrogen) atoms. The minimum absolute atomic E-state index is 0.169. The van der Waals surface area contributed by atoms with Crippen molar-refractivity contribution >= 4 is 57.1 Å². The Hall–Kier alpha value is -3.62. The lowest BCUT2D eigenvalue weighted by Gasteiger charge is -2.26. The van der Waals surface area contributed by atoms with Gasteiger partial charge in [-0.2, -0.15) is 0 Å². The number of carbonyl (C=O) groups is 3. The molecular weight excluding hydrogens is 548 g/mol. The van der Waals surface area contributed by atoms with Gasteiger partial charge >= 0.3 is 6.03 Å². The lowest BCUT2D eigenvalue weighted by molar-refractivity contribution is -0.122. The van der Waals surface area contributed by atoms with E-state index in [0.717, 1.165) is 16.9 Å². The summed E-state index contributed by atoms with van der Waals surface area (Å²) in [6.07, 6.45) is 2.29. The van der Waals surface area contributed by atoms with Crippen LogP contribution < -0.4 is 19.7 Å². The number of imide groups is 2. The second-order valence-electron chi connectivity index (χ2n) is 7.87. The molecule has 9 heteroatoms. The van der Waals surface area contributed by atoms with Crippen LogP contribution >= 0.6 is 27.5 Å². The molecule has 1 aliphatic heterocycles. The van der Waals surface area contributed by atoms with Gasteiger partial charge in [0.05, 0.1) is 16.8 Å². The molecule has 0 aromatic heterocycles. The zero-order valence-corrected chi connectivity index (χ0v) is 21.6. The van der Waals surface area contributed by atoms with Gasteiger partial charge in [-0.3, -0.25) is 14.9 Å². The first-order valence-electron chi connectivity index (χ1n) is 11.2. The molecule has 3 aromatic rings. The smallest absolute Gasteiger partial charge is 0.335 e. The molecule has 1 fully saturated rings. The number of benzene rings is 3. The van der Waals surface area contributed by atoms with E-state index in [1.54, 1.807) is 48.5 Å². The van der Waals surface area contributed by atoms with Crippen molar-refractivity contribution in [3.05, 3.63) is 92.9 Å². The predicted octanol–water partition coefficient (Wildman–Crippen LogP) is 6.14. The van der Waals surface area contributed by atoms with Gasteiger partial charge in [0.1, 0.15) is 23.7 Å². The third-order valence-electron chi connectivity index (χ3n) is 5.28. The molecule has 0 radical (unpaired) electrons. The number of carbonyl (C=O) groups excluding carboxylic acids is 3. The molecule has 1 saturated heterocycles. The quantitative estimate of drug-likeness (QED) is 0.260. The molecular formula is C27H22BrClN2O5. The van der Waals surface area contributed by atoms with Crippen molar-refractivity contribution in [3.8, 4) is 11.5 Å². The van der Waals surface area contributed by atoms with E-state index in [-0.39, 0.29) is 12.2 Å². The number of ether oxygens (including phenoxy) is 2. The molecule has 0 unspecified atom stereocenters. The van der Waals surface area contributed by atoms with E-state index >= 15 is 0 Å². The largest absolute Gasteiger partial charge is 0.494 e. The van der Waals surface area contributed by atoms with Gasteiger partial charge in [0.15, 0.2) is 0 Å². The van der Waals surface area contributed by atoms with E-state index in [4.69, 9.17) is 21.1 Å². The minimum atomic E-state index is -0.811. The van der Waals surface area contributed by atoms with Gasteiger partial charge < -0.3 is 9.47 Å². The monoisotopic (exact) mass is 568 g/mol. The van der Waals surface area contributed by atoms with E-state index in [1.807, 2.05) is 25.1 Å². The fourth-order valence-corrected chi connectivity index (χ4v) is 4.17. The molecule has 0 saturated carbocycles. The van der Waals surface area contributed by atoms with Crippen molar-refractivity contribution in [2.24, 2.45) is 0 Å². The van der Waals surface area contributed by atoms with Crippen LogP contribution in [-0.4, -0.2) is 24.5 Å². The first-order valence-corrected chi connectivity index (χ1v) is 12.3. The second-order valence-corrected chi connectivity index (χ2v) is 9.13. The SMILES string of the molecule is CCCOc1ccc(N2C(=O)NC(=O)/C(=C/c3ccc(OCc4ccccc4Cl)c(Br)c3)C2=O)cc1. The molecule has 1 heterocycles. The molecule has 1 N–H and O–H groups in total. The van der Waals surface area contributed by atoms with E-state index in [9.17, 15) is 14.4 Å². The number of nitrogens with one attached hydrogen (secondary N) is 1. The molecule has 0 aliphatic carbocycles. The molecule has 7 nitrogen and oxygen atoms in total. The number of rotatable bonds is 8. The number of barbiturate groups is 1. The van der Waals surface area contributed by atoms with Crippen LogP contribution in [0, 0.1) is 0 Å². The van der Waals surface area contributed by atoms with Gasteiger partial charge in [-0.05, 0) is 76.5 Å². The zero-order valence-electron chi connectivity index (χ0n) is 19.3. The van der Waals surface area contributed by atoms with Crippen LogP contribution in [-0.2, 0) is 16.2 Å². The van der Waals surface area contributed by atoms with Crippen molar-refractivity contribution in [2.45, 2.75) is 20.0 Å². The summed E-state index contributed by atoms with van der Waals surface area (Å²) in [5.41, 5.74) is 1.57. The zero-order chi connectivity index (χ0) is 25.7. The summed E-state index contributed by atoms with van der Waals surface area (Å²) in [6.45, 7) is 2.83. The maximum absolute atomic E-state index is 13.1. The van der Waals surface area contributed by atoms with Crippen LogP contribution in [0.15, 0.2) is 76.8 Å². The molecule has 0 spiro atoms. The number of anilines is 1. The fourth-order valence-electron chi connectivity index (χ4n) is 3.46. The number of urea groups is 1. The molecule has 0 bridgehead atoms. The van der Waals surface area contributed by atoms with Crippen LogP contribution in [0.1, 0.15) is 24.5 Å². The first-order chi connectivity index (χ1) is 17.4. The Labute approximate surface area is 221 Å². The summed E-state index contributed by atoms with van der Waals surface area (Å²) >= 11 is 9.65. The lowest BCUT2D eigenvalue weighted by atomic mass is 10.1. The summed E-state index contributed by atoms with van der Waals surface area (Å²) < 4.78 is 12.0. The Morgan fingerprint density at radius 1 is 1.00 bits per heavy atom. The molecule has 4 rings (SSSR count). The van der Waals surface area contributed by atoms with Gasteiger partial charge in [-0.15, -0.1) is 0 Å². The van der Waals surface area contributed by atoms with Gasteiger partial charge in [0.25, 0.3) is 11.8 Å². The number of halogens is 2. The number of amides is 4. The lowest BCUT2D eigenvalue weighted by Crippen LogP contribution is -2.54. The standard InChI is InChI=1S/C27H22BrClN2O5/c1-2-13-35-20-10-8-19(9-11-20)31-26(33)21(25(32)30-27(31)34)14-17-7-12-24(22(28)15-17)36-16-18-5-3-4-6-23(18)29/h3-12,14-15H,2,13,16H2,1H3,(H,30,32,34)/b21-14-. The van der Waals surface area contributed by atoms with Gasteiger partial charge in [0.2, 0.25) is 0 Å². The van der Waals surface area contributed by atoms with Crippen molar-refractivity contribution in [1.82, 2.24) is 5.32 Å². The topological polar surface area (TPSA) is 84.9 Å². The summed E-state index contributed by atoms with van der Waals surface area (Å²) in [4.78, 5) is 39.0. The Bertz CT molecular complexity index is 1340. The third-order valence-corrected chi connectivity index (χ3v) is 6.27. The van der Waals surface area contributed by atoms with Crippen LogP contribution in [0.2, 0.25) is 5.02 Å². The Kier molecular flexibility index (Phi) is 8.07. The van der Waals surface area contributed by atoms with Crippen LogP contribution in [0.4, 0.5) is 10.5 Å². The maximum atomic E-state index is 13.1. The number of hydrogen-bond acceptors (Lipinski definition) is 5. The minimum Gasteiger partial charge on any atom is -0.494 e. The molecule has 0 atom stereocenters. The van der Waals surface area contributed by atoms with E-state index < -0.39 is 17.8 Å². The van der Waals surface area contributed by atoms with Crippen LogP contribution in [0.5, 0.6) is 11.5 Å². The van der Waals surface area contributed by atoms with Crippen molar-refractivity contribution < 1.29 is 23.9 Å². The number of nitrogens with zero attached hydrogens (tertiary/aromatic N) is 1. The summed E-state index contributed by atoms with van der Waals surface area (Å²) in [7, 11) is 0. The molecule has 3 aromatic carbocycles. The van der Waals surface area contributed by atoms with Crippen LogP contribution in [0.25, 0.3) is 6.08 Å². The van der Waals surface area contributed by atoms with E-state index in [2.05, 4.69) is 21.2 Å². The highest BCUT2D eigenvalue weighted by atomic mass is 79.9. The normalized spacial score (nSPS) is 14.7. The van der Waals surface area contributed by atoms with Crippen LogP contribution in [0.3, 0.4) is 0 Å². The molecule has 184 valence electrons. The van der Waals surface area contributed by atoms with Crippen molar-refractivity contribution in [3.63, 3.8) is 0 Å². The third kappa shape index (κ3) is 5.78. The first kappa shape index (κ1) is 25.5. The summed E-state index contributed by atoms with van der Waals surface area (Å²) in [5, 5.41) is 2.84. The highest BCUT2D eigenvalue weighted by Crippen LogP contribution is 2.30. The van der Waals surface area contributed by atoms with Crippen molar-refractivity contribution in [1.29, 1.82) is 0 Å². The van der Waals surface area contributed by atoms with Gasteiger partial charge in [-0.25, -0.2) is 9.69 Å². The fraction of sp³-hybridized carbons (Fsp3) is 0.148.